The zero-order chi connectivity index (χ0) is 22.2. The number of rotatable bonds is 6. The molecular weight excluding hydrogens is 459 g/mol. The van der Waals surface area contributed by atoms with Gasteiger partial charge in [0, 0.05) is 28.6 Å². The lowest BCUT2D eigenvalue weighted by molar-refractivity contribution is -0.266. The summed E-state index contributed by atoms with van der Waals surface area (Å²) in [5.74, 6) is 0.612. The number of alkyl halides is 3. The molecule has 3 nitrogen and oxygen atoms in total. The van der Waals surface area contributed by atoms with Gasteiger partial charge < -0.3 is 15.6 Å². The van der Waals surface area contributed by atoms with E-state index >= 15 is 0 Å². The minimum absolute atomic E-state index is 0.0347. The molecule has 1 unspecified atom stereocenters. The van der Waals surface area contributed by atoms with E-state index in [1.807, 2.05) is 6.07 Å². The molecular formula is C23H25BrF3NO2. The molecule has 0 bridgehead atoms. The van der Waals surface area contributed by atoms with Crippen LogP contribution in [0.5, 0.6) is 5.75 Å². The fourth-order valence-corrected chi connectivity index (χ4v) is 4.52. The third-order valence-electron chi connectivity index (χ3n) is 5.39. The Balaban J connectivity index is 1.94. The van der Waals surface area contributed by atoms with Gasteiger partial charge in [-0.25, -0.2) is 0 Å². The van der Waals surface area contributed by atoms with Crippen LogP contribution in [0.25, 0.3) is 6.08 Å². The van der Waals surface area contributed by atoms with Crippen molar-refractivity contribution in [2.75, 3.05) is 6.61 Å². The van der Waals surface area contributed by atoms with Crippen molar-refractivity contribution < 1.29 is 23.0 Å². The molecule has 2 aromatic rings. The van der Waals surface area contributed by atoms with Crippen molar-refractivity contribution in [3.63, 3.8) is 0 Å². The summed E-state index contributed by atoms with van der Waals surface area (Å²) in [6, 6.07) is 12.5. The quantitative estimate of drug-likeness (QED) is 0.551. The molecule has 0 radical (unpaired) electrons. The Hall–Kier alpha value is -1.99. The number of aliphatic hydroxyl groups is 1. The zero-order valence-corrected chi connectivity index (χ0v) is 18.5. The maximum atomic E-state index is 14.0. The van der Waals surface area contributed by atoms with E-state index in [0.717, 1.165) is 10.0 Å². The maximum Gasteiger partial charge on any atom is 0.417 e. The fourth-order valence-electron chi connectivity index (χ4n) is 4.01. The van der Waals surface area contributed by atoms with E-state index in [1.54, 1.807) is 50.2 Å². The lowest BCUT2D eigenvalue weighted by Gasteiger charge is -2.38. The van der Waals surface area contributed by atoms with Crippen LogP contribution in [0.3, 0.4) is 0 Å². The van der Waals surface area contributed by atoms with Crippen LogP contribution < -0.4 is 10.5 Å². The number of benzene rings is 2. The Morgan fingerprint density at radius 1 is 1.20 bits per heavy atom. The van der Waals surface area contributed by atoms with E-state index in [0.29, 0.717) is 29.9 Å². The highest BCUT2D eigenvalue weighted by Crippen LogP contribution is 2.48. The van der Waals surface area contributed by atoms with Crippen LogP contribution in [0.4, 0.5) is 13.2 Å². The molecule has 1 atom stereocenters. The number of fused-ring (bicyclic) bond motifs is 1. The van der Waals surface area contributed by atoms with Crippen molar-refractivity contribution in [2.24, 2.45) is 5.73 Å². The van der Waals surface area contributed by atoms with Gasteiger partial charge in [-0.1, -0.05) is 60.1 Å². The lowest BCUT2D eigenvalue weighted by atomic mass is 9.72. The van der Waals surface area contributed by atoms with Crippen LogP contribution in [-0.4, -0.2) is 23.5 Å². The smallest absolute Gasteiger partial charge is 0.417 e. The van der Waals surface area contributed by atoms with Crippen molar-refractivity contribution in [2.45, 2.75) is 50.3 Å². The Kier molecular flexibility index (Phi) is 6.25. The fraction of sp³-hybridized carbons (Fsp3) is 0.391. The summed E-state index contributed by atoms with van der Waals surface area (Å²) in [5.41, 5.74) is 4.15. The molecule has 1 aliphatic rings. The van der Waals surface area contributed by atoms with Crippen LogP contribution >= 0.6 is 15.9 Å². The summed E-state index contributed by atoms with van der Waals surface area (Å²) in [7, 11) is 0. The minimum atomic E-state index is -4.85. The summed E-state index contributed by atoms with van der Waals surface area (Å²) in [4.78, 5) is 0. The molecule has 0 fully saturated rings. The molecule has 0 saturated heterocycles. The number of nitrogens with two attached hydrogens (primary N) is 1. The van der Waals surface area contributed by atoms with Crippen LogP contribution in [0.2, 0.25) is 0 Å². The Morgan fingerprint density at radius 2 is 1.87 bits per heavy atom. The van der Waals surface area contributed by atoms with E-state index < -0.39 is 30.0 Å². The molecule has 1 aliphatic heterocycles. The highest BCUT2D eigenvalue weighted by Gasteiger charge is 2.56. The predicted molar refractivity (Wildman–Crippen MR) is 115 cm³/mol. The molecule has 3 rings (SSSR count). The third-order valence-corrected chi connectivity index (χ3v) is 5.85. The van der Waals surface area contributed by atoms with Gasteiger partial charge in [0.1, 0.15) is 5.75 Å². The number of halogens is 4. The highest BCUT2D eigenvalue weighted by molar-refractivity contribution is 9.10. The van der Waals surface area contributed by atoms with Gasteiger partial charge in [-0.3, -0.25) is 0 Å². The first-order valence-electron chi connectivity index (χ1n) is 9.67. The van der Waals surface area contributed by atoms with Crippen LogP contribution in [0, 0.1) is 0 Å². The second-order valence-electron chi connectivity index (χ2n) is 8.44. The van der Waals surface area contributed by atoms with Crippen molar-refractivity contribution >= 4 is 22.0 Å². The van der Waals surface area contributed by atoms with E-state index in [2.05, 4.69) is 15.9 Å². The summed E-state index contributed by atoms with van der Waals surface area (Å²) < 4.78 is 48.6. The van der Waals surface area contributed by atoms with Gasteiger partial charge in [-0.2, -0.15) is 13.2 Å². The molecule has 7 heteroatoms. The summed E-state index contributed by atoms with van der Waals surface area (Å²) in [5, 5.41) is 10.8. The first kappa shape index (κ1) is 22.7. The molecule has 0 saturated carbocycles. The Bertz CT molecular complexity index is 941. The van der Waals surface area contributed by atoms with Gasteiger partial charge in [0.05, 0.1) is 6.61 Å². The molecule has 0 amide bonds. The molecule has 30 heavy (non-hydrogen) atoms. The monoisotopic (exact) mass is 483 g/mol. The average molecular weight is 484 g/mol. The van der Waals surface area contributed by atoms with Gasteiger partial charge in [0.25, 0.3) is 0 Å². The average Bonchev–Trinajstić information content (AvgIpc) is 3.08. The molecule has 0 spiro atoms. The van der Waals surface area contributed by atoms with Crippen molar-refractivity contribution in [3.05, 3.63) is 69.3 Å². The van der Waals surface area contributed by atoms with Crippen molar-refractivity contribution in [3.8, 4) is 5.75 Å². The molecule has 0 aliphatic carbocycles. The first-order valence-corrected chi connectivity index (χ1v) is 10.5. The largest absolute Gasteiger partial charge is 0.493 e. The van der Waals surface area contributed by atoms with Crippen molar-refractivity contribution in [1.29, 1.82) is 0 Å². The standard InChI is InChI=1S/C23H25BrF3NO2/c1-21(2,19-12-17(24)11-16-8-9-30-20(16)19)14-22(29,23(25,26)27)13-18(28)10-15-6-4-3-5-7-15/h3-7,10-12,29H,8-9,13-14,28H2,1-2H3/b18-10-. The van der Waals surface area contributed by atoms with Crippen molar-refractivity contribution in [1.82, 2.24) is 0 Å². The molecule has 1 heterocycles. The SMILES string of the molecule is CC(C)(CC(O)(C/C(N)=C/c1ccccc1)C(F)(F)F)c1cc(Br)cc2c1OCC2. The Morgan fingerprint density at radius 3 is 2.50 bits per heavy atom. The van der Waals surface area contributed by atoms with Gasteiger partial charge in [-0.15, -0.1) is 0 Å². The summed E-state index contributed by atoms with van der Waals surface area (Å²) >= 11 is 3.44. The Labute approximate surface area is 182 Å². The van der Waals surface area contributed by atoms with Crippen LogP contribution in [0.1, 0.15) is 43.4 Å². The predicted octanol–water partition coefficient (Wildman–Crippen LogP) is 5.74. The number of hydrogen-bond acceptors (Lipinski definition) is 3. The minimum Gasteiger partial charge on any atom is -0.493 e. The summed E-state index contributed by atoms with van der Waals surface area (Å²) in [6.07, 6.45) is -3.96. The topological polar surface area (TPSA) is 55.5 Å². The van der Waals surface area contributed by atoms with Crippen LogP contribution in [-0.2, 0) is 11.8 Å². The molecule has 0 aromatic heterocycles. The number of hydrogen-bond donors (Lipinski definition) is 2. The zero-order valence-electron chi connectivity index (χ0n) is 16.9. The summed E-state index contributed by atoms with van der Waals surface area (Å²) in [6.45, 7) is 3.86. The lowest BCUT2D eigenvalue weighted by Crippen LogP contribution is -2.50. The second kappa shape index (κ2) is 8.27. The third kappa shape index (κ3) is 4.83. The molecule has 2 aromatic carbocycles. The van der Waals surface area contributed by atoms with E-state index in [-0.39, 0.29) is 5.70 Å². The van der Waals surface area contributed by atoms with Gasteiger partial charge >= 0.3 is 6.18 Å². The number of ether oxygens (including phenoxy) is 1. The van der Waals surface area contributed by atoms with Gasteiger partial charge in [0.15, 0.2) is 5.60 Å². The van der Waals surface area contributed by atoms with E-state index in [4.69, 9.17) is 10.5 Å². The normalized spacial score (nSPS) is 16.7. The molecule has 162 valence electrons. The van der Waals surface area contributed by atoms with Crippen LogP contribution in [0.15, 0.2) is 52.6 Å². The van der Waals surface area contributed by atoms with E-state index in [9.17, 15) is 18.3 Å². The first-order chi connectivity index (χ1) is 13.9. The highest BCUT2D eigenvalue weighted by atomic mass is 79.9. The molecule has 3 N–H and O–H groups in total. The second-order valence-corrected chi connectivity index (χ2v) is 9.35. The van der Waals surface area contributed by atoms with E-state index in [1.165, 1.54) is 6.08 Å². The maximum absolute atomic E-state index is 14.0. The van der Waals surface area contributed by atoms with Gasteiger partial charge in [0.2, 0.25) is 0 Å². The van der Waals surface area contributed by atoms with Gasteiger partial charge in [-0.05, 0) is 41.2 Å².